The molecule has 3 heterocycles. The van der Waals surface area contributed by atoms with Crippen LogP contribution in [0.4, 0.5) is 0 Å². The quantitative estimate of drug-likeness (QED) is 0.782. The van der Waals surface area contributed by atoms with E-state index >= 15 is 0 Å². The van der Waals surface area contributed by atoms with E-state index in [1.807, 2.05) is 24.4 Å². The van der Waals surface area contributed by atoms with Crippen LogP contribution in [0.15, 0.2) is 30.5 Å². The molecule has 0 unspecified atom stereocenters. The van der Waals surface area contributed by atoms with E-state index in [-0.39, 0.29) is 11.8 Å². The molecule has 26 heavy (non-hydrogen) atoms. The number of aliphatic hydroxyl groups is 1. The van der Waals surface area contributed by atoms with Gasteiger partial charge in [-0.2, -0.15) is 0 Å². The number of fused-ring (bicyclic) bond motifs is 1. The van der Waals surface area contributed by atoms with Crippen molar-refractivity contribution in [3.63, 3.8) is 0 Å². The van der Waals surface area contributed by atoms with Gasteiger partial charge in [-0.15, -0.1) is 0 Å². The maximum Gasteiger partial charge on any atom is 0.230 e. The van der Waals surface area contributed by atoms with Gasteiger partial charge in [0.05, 0.1) is 11.5 Å². The topological polar surface area (TPSA) is 85.4 Å². The lowest BCUT2D eigenvalue weighted by Crippen LogP contribution is -2.62. The van der Waals surface area contributed by atoms with E-state index in [0.717, 1.165) is 22.9 Å². The van der Waals surface area contributed by atoms with E-state index in [9.17, 15) is 14.7 Å². The summed E-state index contributed by atoms with van der Waals surface area (Å²) in [5.41, 5.74) is 1.39. The van der Waals surface area contributed by atoms with Crippen LogP contribution in [-0.4, -0.2) is 52.5 Å². The van der Waals surface area contributed by atoms with E-state index in [4.69, 9.17) is 0 Å². The second-order valence-electron chi connectivity index (χ2n) is 7.49. The normalized spacial score (nSPS) is 26.3. The number of rotatable bonds is 3. The molecule has 2 atom stereocenters. The van der Waals surface area contributed by atoms with Gasteiger partial charge in [0.15, 0.2) is 0 Å². The maximum absolute atomic E-state index is 12.8. The second kappa shape index (κ2) is 6.76. The Balaban J connectivity index is 1.44. The largest absolute Gasteiger partial charge is 0.392 e. The van der Waals surface area contributed by atoms with Crippen molar-refractivity contribution in [2.45, 2.75) is 38.2 Å². The summed E-state index contributed by atoms with van der Waals surface area (Å²) in [4.78, 5) is 30.2. The monoisotopic (exact) mass is 355 g/mol. The van der Waals surface area contributed by atoms with Crippen molar-refractivity contribution in [3.8, 4) is 0 Å². The zero-order valence-electron chi connectivity index (χ0n) is 14.8. The molecular formula is C20H25N3O3. The van der Waals surface area contributed by atoms with Crippen molar-refractivity contribution in [2.24, 2.45) is 5.41 Å². The maximum atomic E-state index is 12.8. The highest BCUT2D eigenvalue weighted by Crippen LogP contribution is 2.37. The van der Waals surface area contributed by atoms with Gasteiger partial charge in [-0.3, -0.25) is 9.59 Å². The average molecular weight is 355 g/mol. The van der Waals surface area contributed by atoms with Crippen molar-refractivity contribution in [1.29, 1.82) is 0 Å². The third-order valence-corrected chi connectivity index (χ3v) is 5.96. The highest BCUT2D eigenvalue weighted by atomic mass is 16.3. The predicted molar refractivity (Wildman–Crippen MR) is 98.5 cm³/mol. The number of likely N-dealkylation sites (tertiary alicyclic amines) is 1. The van der Waals surface area contributed by atoms with Crippen LogP contribution in [-0.2, 0) is 16.0 Å². The molecule has 2 amide bonds. The van der Waals surface area contributed by atoms with Gasteiger partial charge < -0.3 is 20.3 Å². The zero-order chi connectivity index (χ0) is 18.1. The third kappa shape index (κ3) is 2.88. The Morgan fingerprint density at radius 2 is 2.19 bits per heavy atom. The SMILES string of the molecule is O=C(CCc1c[nH]c2ccccc12)N1CC[C@@H](O)[C@@]2(CCCNC2=O)C1. The average Bonchev–Trinajstić information content (AvgIpc) is 3.07. The molecule has 1 aromatic carbocycles. The van der Waals surface area contributed by atoms with E-state index in [2.05, 4.69) is 16.4 Å². The lowest BCUT2D eigenvalue weighted by molar-refractivity contribution is -0.154. The Morgan fingerprint density at radius 1 is 1.35 bits per heavy atom. The number of aromatic nitrogens is 1. The molecule has 6 heteroatoms. The number of nitrogens with one attached hydrogen (secondary N) is 2. The van der Waals surface area contributed by atoms with Crippen molar-refractivity contribution >= 4 is 22.7 Å². The number of carbonyl (C=O) groups is 2. The van der Waals surface area contributed by atoms with Crippen LogP contribution in [0, 0.1) is 5.41 Å². The van der Waals surface area contributed by atoms with Crippen LogP contribution in [0.2, 0.25) is 0 Å². The fourth-order valence-electron chi connectivity index (χ4n) is 4.39. The number of amides is 2. The summed E-state index contributed by atoms with van der Waals surface area (Å²) in [6.45, 7) is 1.50. The van der Waals surface area contributed by atoms with E-state index in [1.54, 1.807) is 4.90 Å². The molecule has 4 rings (SSSR count). The summed E-state index contributed by atoms with van der Waals surface area (Å²) in [6, 6.07) is 8.07. The summed E-state index contributed by atoms with van der Waals surface area (Å²) in [5, 5.41) is 14.5. The minimum absolute atomic E-state index is 0.0555. The van der Waals surface area contributed by atoms with Gasteiger partial charge >= 0.3 is 0 Å². The number of para-hydroxylation sites is 1. The lowest BCUT2D eigenvalue weighted by Gasteiger charge is -2.46. The van der Waals surface area contributed by atoms with E-state index < -0.39 is 11.5 Å². The molecule has 2 aliphatic heterocycles. The predicted octanol–water partition coefficient (Wildman–Crippen LogP) is 1.59. The molecule has 2 aliphatic rings. The van der Waals surface area contributed by atoms with Crippen LogP contribution in [0.3, 0.4) is 0 Å². The van der Waals surface area contributed by atoms with Crippen LogP contribution in [0.5, 0.6) is 0 Å². The molecular weight excluding hydrogens is 330 g/mol. The van der Waals surface area contributed by atoms with E-state index in [0.29, 0.717) is 45.3 Å². The molecule has 0 saturated carbocycles. The fraction of sp³-hybridized carbons (Fsp3) is 0.500. The van der Waals surface area contributed by atoms with Gasteiger partial charge in [0, 0.05) is 43.2 Å². The molecule has 0 radical (unpaired) electrons. The molecule has 2 saturated heterocycles. The van der Waals surface area contributed by atoms with Gasteiger partial charge in [0.1, 0.15) is 0 Å². The van der Waals surface area contributed by atoms with Crippen LogP contribution in [0.25, 0.3) is 10.9 Å². The van der Waals surface area contributed by atoms with Crippen molar-refractivity contribution < 1.29 is 14.7 Å². The molecule has 1 spiro atoms. The Labute approximate surface area is 152 Å². The molecule has 2 aromatic rings. The highest BCUT2D eigenvalue weighted by molar-refractivity contribution is 5.86. The van der Waals surface area contributed by atoms with Crippen LogP contribution < -0.4 is 5.32 Å². The molecule has 1 aromatic heterocycles. The number of carbonyl (C=O) groups excluding carboxylic acids is 2. The number of hydrogen-bond acceptors (Lipinski definition) is 3. The van der Waals surface area contributed by atoms with Crippen molar-refractivity contribution in [2.75, 3.05) is 19.6 Å². The summed E-state index contributed by atoms with van der Waals surface area (Å²) in [5.74, 6) is -0.0506. The zero-order valence-corrected chi connectivity index (χ0v) is 14.8. The number of H-pyrrole nitrogens is 1. The first-order valence-corrected chi connectivity index (χ1v) is 9.39. The van der Waals surface area contributed by atoms with Gasteiger partial charge in [-0.25, -0.2) is 0 Å². The van der Waals surface area contributed by atoms with Crippen molar-refractivity contribution in [1.82, 2.24) is 15.2 Å². The summed E-state index contributed by atoms with van der Waals surface area (Å²) >= 11 is 0. The standard InChI is InChI=1S/C20H25N3O3/c24-17-8-11-23(13-20(17)9-3-10-21-19(20)26)18(25)7-6-14-12-22-16-5-2-1-4-15(14)16/h1-2,4-5,12,17,22,24H,3,6-11,13H2,(H,21,26)/t17-,20-/m1/s1. The number of hydrogen-bond donors (Lipinski definition) is 3. The third-order valence-electron chi connectivity index (χ3n) is 5.96. The molecule has 3 N–H and O–H groups in total. The Morgan fingerprint density at radius 3 is 3.04 bits per heavy atom. The fourth-order valence-corrected chi connectivity index (χ4v) is 4.39. The van der Waals surface area contributed by atoms with Gasteiger partial charge in [-0.1, -0.05) is 18.2 Å². The molecule has 0 aliphatic carbocycles. The van der Waals surface area contributed by atoms with Gasteiger partial charge in [0.2, 0.25) is 11.8 Å². The molecule has 2 fully saturated rings. The first kappa shape index (κ1) is 17.1. The minimum Gasteiger partial charge on any atom is -0.392 e. The van der Waals surface area contributed by atoms with Crippen LogP contribution in [0.1, 0.15) is 31.2 Å². The first-order chi connectivity index (χ1) is 12.6. The number of benzene rings is 1. The molecule has 6 nitrogen and oxygen atoms in total. The van der Waals surface area contributed by atoms with E-state index in [1.165, 1.54) is 0 Å². The summed E-state index contributed by atoms with van der Waals surface area (Å²) in [6.07, 6.45) is 4.34. The molecule has 0 bridgehead atoms. The summed E-state index contributed by atoms with van der Waals surface area (Å²) < 4.78 is 0. The number of aryl methyl sites for hydroxylation is 1. The number of nitrogens with zero attached hydrogens (tertiary/aromatic N) is 1. The summed E-state index contributed by atoms with van der Waals surface area (Å²) in [7, 11) is 0. The minimum atomic E-state index is -0.826. The van der Waals surface area contributed by atoms with Crippen molar-refractivity contribution in [3.05, 3.63) is 36.0 Å². The number of aliphatic hydroxyl groups excluding tert-OH is 1. The smallest absolute Gasteiger partial charge is 0.230 e. The van der Waals surface area contributed by atoms with Crippen LogP contribution >= 0.6 is 0 Å². The number of piperidine rings is 2. The highest BCUT2D eigenvalue weighted by Gasteiger charge is 2.50. The molecule has 138 valence electrons. The lowest BCUT2D eigenvalue weighted by atomic mass is 9.71. The first-order valence-electron chi connectivity index (χ1n) is 9.39. The van der Waals surface area contributed by atoms with Gasteiger partial charge in [-0.05, 0) is 37.3 Å². The Kier molecular flexibility index (Phi) is 4.44. The second-order valence-corrected chi connectivity index (χ2v) is 7.49. The Bertz CT molecular complexity index is 831. The Hall–Kier alpha value is -2.34. The number of aromatic amines is 1. The van der Waals surface area contributed by atoms with Gasteiger partial charge in [0.25, 0.3) is 0 Å².